The van der Waals surface area contributed by atoms with Crippen LogP contribution in [0.1, 0.15) is 25.3 Å². The van der Waals surface area contributed by atoms with Gasteiger partial charge >= 0.3 is 0 Å². The van der Waals surface area contributed by atoms with E-state index >= 15 is 0 Å². The number of nitrogens with zero attached hydrogens (tertiary/aromatic N) is 1. The summed E-state index contributed by atoms with van der Waals surface area (Å²) in [5.74, 6) is 0. The Morgan fingerprint density at radius 3 is 2.42 bits per heavy atom. The van der Waals surface area contributed by atoms with Crippen LogP contribution in [0.4, 0.5) is 5.69 Å². The molecule has 106 valence electrons. The summed E-state index contributed by atoms with van der Waals surface area (Å²) >= 11 is 0. The predicted octanol–water partition coefficient (Wildman–Crippen LogP) is 1.90. The number of anilines is 1. The minimum absolute atomic E-state index is 0.417. The first-order valence-electron chi connectivity index (χ1n) is 6.69. The van der Waals surface area contributed by atoms with Crippen LogP contribution < -0.4 is 9.62 Å². The molecule has 1 aromatic carbocycles. The Morgan fingerprint density at radius 2 is 1.89 bits per heavy atom. The predicted molar refractivity (Wildman–Crippen MR) is 79.0 cm³/mol. The lowest BCUT2D eigenvalue weighted by Gasteiger charge is -2.24. The number of hydrogen-bond acceptors (Lipinski definition) is 3. The Labute approximate surface area is 115 Å². The van der Waals surface area contributed by atoms with E-state index in [2.05, 4.69) is 5.32 Å². The number of aryl methyl sites for hydroxylation is 1. The minimum Gasteiger partial charge on any atom is -0.313 e. The molecule has 1 saturated carbocycles. The third-order valence-corrected chi connectivity index (χ3v) is 5.72. The molecular formula is C14H22N2O2S. The van der Waals surface area contributed by atoms with Gasteiger partial charge in [0.2, 0.25) is 10.0 Å². The van der Waals surface area contributed by atoms with Crippen LogP contribution in [0.3, 0.4) is 0 Å². The van der Waals surface area contributed by atoms with Gasteiger partial charge in [0.25, 0.3) is 0 Å². The second-order valence-electron chi connectivity index (χ2n) is 5.34. The van der Waals surface area contributed by atoms with Crippen molar-refractivity contribution >= 4 is 15.7 Å². The van der Waals surface area contributed by atoms with E-state index in [9.17, 15) is 8.42 Å². The van der Waals surface area contributed by atoms with Crippen LogP contribution in [-0.4, -0.2) is 33.3 Å². The summed E-state index contributed by atoms with van der Waals surface area (Å²) in [4.78, 5) is 0. The van der Waals surface area contributed by atoms with Crippen molar-refractivity contribution in [1.29, 1.82) is 0 Å². The first kappa shape index (κ1) is 14.3. The number of sulfonamides is 1. The zero-order valence-electron chi connectivity index (χ0n) is 11.8. The second-order valence-corrected chi connectivity index (χ2v) is 7.72. The largest absolute Gasteiger partial charge is 0.313 e. The lowest BCUT2D eigenvalue weighted by Crippen LogP contribution is -2.40. The van der Waals surface area contributed by atoms with E-state index in [-0.39, 0.29) is 0 Å². The van der Waals surface area contributed by atoms with Gasteiger partial charge in [-0.05, 0) is 38.8 Å². The SMILES string of the molecule is Cc1ccc(N(C)S(=O)(=O)C(C)CNC2CC2)cc1. The van der Waals surface area contributed by atoms with Gasteiger partial charge in [-0.1, -0.05) is 17.7 Å². The molecule has 1 aliphatic rings. The maximum absolute atomic E-state index is 12.4. The average Bonchev–Trinajstić information content (AvgIpc) is 3.20. The third kappa shape index (κ3) is 3.48. The fraction of sp³-hybridized carbons (Fsp3) is 0.571. The average molecular weight is 282 g/mol. The van der Waals surface area contributed by atoms with Crippen molar-refractivity contribution in [3.63, 3.8) is 0 Å². The van der Waals surface area contributed by atoms with Gasteiger partial charge in [-0.15, -0.1) is 0 Å². The molecule has 0 spiro atoms. The smallest absolute Gasteiger partial charge is 0.238 e. The number of benzene rings is 1. The van der Waals surface area contributed by atoms with Crippen LogP contribution in [0.25, 0.3) is 0 Å². The monoisotopic (exact) mass is 282 g/mol. The molecule has 0 aliphatic heterocycles. The van der Waals surface area contributed by atoms with Crippen molar-refractivity contribution < 1.29 is 8.42 Å². The van der Waals surface area contributed by atoms with Gasteiger partial charge in [-0.3, -0.25) is 4.31 Å². The number of nitrogens with one attached hydrogen (secondary N) is 1. The van der Waals surface area contributed by atoms with Gasteiger partial charge in [-0.25, -0.2) is 8.42 Å². The molecule has 1 aliphatic carbocycles. The fourth-order valence-corrected chi connectivity index (χ4v) is 3.16. The molecule has 0 bridgehead atoms. The molecule has 4 nitrogen and oxygen atoms in total. The highest BCUT2D eigenvalue weighted by atomic mass is 32.2. The standard InChI is InChI=1S/C14H22N2O2S/c1-11-4-8-14(9-5-11)16(3)19(17,18)12(2)10-15-13-6-7-13/h4-5,8-9,12-13,15H,6-7,10H2,1-3H3. The highest BCUT2D eigenvalue weighted by Crippen LogP contribution is 2.21. The Morgan fingerprint density at radius 1 is 1.32 bits per heavy atom. The normalized spacial score (nSPS) is 17.2. The summed E-state index contributed by atoms with van der Waals surface area (Å²) in [5.41, 5.74) is 1.84. The summed E-state index contributed by atoms with van der Waals surface area (Å²) < 4.78 is 26.3. The van der Waals surface area contributed by atoms with Gasteiger partial charge in [0.1, 0.15) is 0 Å². The zero-order chi connectivity index (χ0) is 14.0. The Hall–Kier alpha value is -1.07. The molecule has 0 radical (unpaired) electrons. The summed E-state index contributed by atoms with van der Waals surface area (Å²) in [7, 11) is -1.68. The van der Waals surface area contributed by atoms with Crippen LogP contribution in [-0.2, 0) is 10.0 Å². The molecule has 0 aromatic heterocycles. The lowest BCUT2D eigenvalue weighted by atomic mass is 10.2. The fourth-order valence-electron chi connectivity index (χ4n) is 1.90. The Balaban J connectivity index is 2.06. The van der Waals surface area contributed by atoms with Gasteiger partial charge in [-0.2, -0.15) is 0 Å². The van der Waals surface area contributed by atoms with Crippen molar-refractivity contribution in [3.8, 4) is 0 Å². The van der Waals surface area contributed by atoms with Crippen LogP contribution in [0.15, 0.2) is 24.3 Å². The molecular weight excluding hydrogens is 260 g/mol. The van der Waals surface area contributed by atoms with E-state index in [0.29, 0.717) is 18.3 Å². The topological polar surface area (TPSA) is 49.4 Å². The third-order valence-electron chi connectivity index (χ3n) is 3.56. The maximum Gasteiger partial charge on any atom is 0.238 e. The van der Waals surface area contributed by atoms with E-state index in [1.54, 1.807) is 14.0 Å². The van der Waals surface area contributed by atoms with Crippen molar-refractivity contribution in [2.45, 2.75) is 38.0 Å². The molecule has 0 saturated heterocycles. The highest BCUT2D eigenvalue weighted by Gasteiger charge is 2.28. The van der Waals surface area contributed by atoms with Crippen molar-refractivity contribution in [2.75, 3.05) is 17.9 Å². The van der Waals surface area contributed by atoms with Crippen LogP contribution >= 0.6 is 0 Å². The van der Waals surface area contributed by atoms with Crippen LogP contribution in [0, 0.1) is 6.92 Å². The van der Waals surface area contributed by atoms with E-state index in [0.717, 1.165) is 5.56 Å². The molecule has 1 fully saturated rings. The molecule has 5 heteroatoms. The van der Waals surface area contributed by atoms with E-state index < -0.39 is 15.3 Å². The number of rotatable bonds is 6. The van der Waals surface area contributed by atoms with Gasteiger partial charge < -0.3 is 5.32 Å². The molecule has 1 N–H and O–H groups in total. The summed E-state index contributed by atoms with van der Waals surface area (Å²) in [6.45, 7) is 4.26. The van der Waals surface area contributed by atoms with Crippen molar-refractivity contribution in [2.24, 2.45) is 0 Å². The Kier molecular flexibility index (Phi) is 4.16. The minimum atomic E-state index is -3.30. The molecule has 19 heavy (non-hydrogen) atoms. The van der Waals surface area contributed by atoms with Crippen LogP contribution in [0.5, 0.6) is 0 Å². The summed E-state index contributed by atoms with van der Waals surface area (Å²) in [6.07, 6.45) is 2.33. The lowest BCUT2D eigenvalue weighted by molar-refractivity contribution is 0.569. The van der Waals surface area contributed by atoms with Crippen molar-refractivity contribution in [3.05, 3.63) is 29.8 Å². The van der Waals surface area contributed by atoms with Gasteiger partial charge in [0.05, 0.1) is 10.9 Å². The van der Waals surface area contributed by atoms with Crippen LogP contribution in [0.2, 0.25) is 0 Å². The first-order chi connectivity index (χ1) is 8.91. The highest BCUT2D eigenvalue weighted by molar-refractivity contribution is 7.93. The molecule has 1 atom stereocenters. The molecule has 0 heterocycles. The Bertz CT molecular complexity index is 521. The van der Waals surface area contributed by atoms with E-state index in [1.807, 2.05) is 31.2 Å². The molecule has 1 unspecified atom stereocenters. The molecule has 2 rings (SSSR count). The number of hydrogen-bond donors (Lipinski definition) is 1. The first-order valence-corrected chi connectivity index (χ1v) is 8.19. The molecule has 1 aromatic rings. The van der Waals surface area contributed by atoms with E-state index in [1.165, 1.54) is 17.1 Å². The summed E-state index contributed by atoms with van der Waals surface area (Å²) in [6, 6.07) is 8.06. The zero-order valence-corrected chi connectivity index (χ0v) is 12.6. The molecule has 0 amide bonds. The van der Waals surface area contributed by atoms with E-state index in [4.69, 9.17) is 0 Å². The second kappa shape index (κ2) is 5.51. The van der Waals surface area contributed by atoms with Gasteiger partial charge in [0.15, 0.2) is 0 Å². The van der Waals surface area contributed by atoms with Crippen molar-refractivity contribution in [1.82, 2.24) is 5.32 Å². The maximum atomic E-state index is 12.4. The summed E-state index contributed by atoms with van der Waals surface area (Å²) in [5, 5.41) is 2.85. The van der Waals surface area contributed by atoms with Gasteiger partial charge in [0, 0.05) is 19.6 Å². The quantitative estimate of drug-likeness (QED) is 0.867.